The molecule has 1 atom stereocenters. The van der Waals surface area contributed by atoms with Gasteiger partial charge >= 0.3 is 5.97 Å². The lowest BCUT2D eigenvalue weighted by Gasteiger charge is -2.33. The molecule has 1 unspecified atom stereocenters. The highest BCUT2D eigenvalue weighted by atomic mass is 16.4. The Balaban J connectivity index is 2.01. The second-order valence-corrected chi connectivity index (χ2v) is 5.22. The summed E-state index contributed by atoms with van der Waals surface area (Å²) in [4.78, 5) is 29.8. The highest BCUT2D eigenvalue weighted by Crippen LogP contribution is 2.23. The molecule has 1 aromatic heterocycles. The molecule has 21 heavy (non-hydrogen) atoms. The largest absolute Gasteiger partial charge is 0.480 e. The van der Waals surface area contributed by atoms with Gasteiger partial charge < -0.3 is 10.0 Å². The van der Waals surface area contributed by atoms with E-state index in [1.165, 1.54) is 4.90 Å². The van der Waals surface area contributed by atoms with Crippen molar-refractivity contribution in [2.75, 3.05) is 6.54 Å². The molecular weight excluding hydrogens is 268 g/mol. The minimum absolute atomic E-state index is 0.222. The molecule has 1 saturated heterocycles. The summed E-state index contributed by atoms with van der Waals surface area (Å²) in [6, 6.07) is 8.26. The Morgan fingerprint density at radius 3 is 2.86 bits per heavy atom. The first-order valence-electron chi connectivity index (χ1n) is 7.06. The molecule has 3 rings (SSSR count). The van der Waals surface area contributed by atoms with E-state index in [1.54, 1.807) is 24.4 Å². The first-order valence-corrected chi connectivity index (χ1v) is 7.06. The van der Waals surface area contributed by atoms with Crippen LogP contribution in [0.2, 0.25) is 0 Å². The Bertz CT molecular complexity index is 693. The average Bonchev–Trinajstić information content (AvgIpc) is 2.53. The fourth-order valence-corrected chi connectivity index (χ4v) is 2.88. The normalized spacial score (nSPS) is 18.7. The Labute approximate surface area is 122 Å². The van der Waals surface area contributed by atoms with E-state index in [2.05, 4.69) is 4.98 Å². The van der Waals surface area contributed by atoms with Crippen LogP contribution in [-0.2, 0) is 4.79 Å². The summed E-state index contributed by atoms with van der Waals surface area (Å²) in [6.45, 7) is 0.493. The summed E-state index contributed by atoms with van der Waals surface area (Å²) in [5, 5.41) is 10.1. The standard InChI is InChI=1S/C16H16N2O3/c19-15(18-10-2-1-8-14(18)16(20)21)12-5-3-7-13-11(12)6-4-9-17-13/h3-7,9,14H,1-2,8,10H2,(H,20,21). The number of hydrogen-bond acceptors (Lipinski definition) is 3. The van der Waals surface area contributed by atoms with Crippen molar-refractivity contribution in [3.63, 3.8) is 0 Å². The minimum atomic E-state index is -0.929. The van der Waals surface area contributed by atoms with Crippen LogP contribution in [0.15, 0.2) is 36.5 Å². The molecule has 1 amide bonds. The van der Waals surface area contributed by atoms with Crippen molar-refractivity contribution in [2.24, 2.45) is 0 Å². The van der Waals surface area contributed by atoms with Crippen molar-refractivity contribution < 1.29 is 14.7 Å². The Morgan fingerprint density at radius 1 is 1.19 bits per heavy atom. The third-order valence-electron chi connectivity index (χ3n) is 3.92. The highest BCUT2D eigenvalue weighted by Gasteiger charge is 2.32. The number of rotatable bonds is 2. The number of hydrogen-bond donors (Lipinski definition) is 1. The number of likely N-dealkylation sites (tertiary alicyclic amines) is 1. The summed E-state index contributed by atoms with van der Waals surface area (Å²) < 4.78 is 0. The zero-order valence-electron chi connectivity index (χ0n) is 11.5. The number of benzene rings is 1. The number of amides is 1. The molecule has 0 bridgehead atoms. The van der Waals surface area contributed by atoms with E-state index in [0.29, 0.717) is 18.5 Å². The Hall–Kier alpha value is -2.43. The number of carbonyl (C=O) groups is 2. The molecule has 1 fully saturated rings. The van der Waals surface area contributed by atoms with Gasteiger partial charge in [-0.1, -0.05) is 12.1 Å². The van der Waals surface area contributed by atoms with Crippen LogP contribution in [-0.4, -0.2) is 39.5 Å². The molecule has 108 valence electrons. The van der Waals surface area contributed by atoms with Crippen molar-refractivity contribution >= 4 is 22.8 Å². The topological polar surface area (TPSA) is 70.5 Å². The van der Waals surface area contributed by atoms with Gasteiger partial charge in [-0.25, -0.2) is 4.79 Å². The Morgan fingerprint density at radius 2 is 2.05 bits per heavy atom. The first-order chi connectivity index (χ1) is 10.2. The number of carboxylic acids is 1. The summed E-state index contributed by atoms with van der Waals surface area (Å²) >= 11 is 0. The van der Waals surface area contributed by atoms with E-state index in [1.807, 2.05) is 12.1 Å². The second-order valence-electron chi connectivity index (χ2n) is 5.22. The molecule has 1 aliphatic heterocycles. The van der Waals surface area contributed by atoms with Crippen molar-refractivity contribution in [3.05, 3.63) is 42.1 Å². The maximum absolute atomic E-state index is 12.8. The van der Waals surface area contributed by atoms with E-state index in [0.717, 1.165) is 23.7 Å². The fourth-order valence-electron chi connectivity index (χ4n) is 2.88. The maximum atomic E-state index is 12.8. The van der Waals surface area contributed by atoms with Crippen molar-refractivity contribution in [1.82, 2.24) is 9.88 Å². The molecule has 5 nitrogen and oxygen atoms in total. The SMILES string of the molecule is O=C(O)C1CCCCN1C(=O)c1cccc2ncccc12. The smallest absolute Gasteiger partial charge is 0.326 e. The number of carboxylic acid groups (broad SMARTS) is 1. The maximum Gasteiger partial charge on any atom is 0.326 e. The lowest BCUT2D eigenvalue weighted by Crippen LogP contribution is -2.48. The third-order valence-corrected chi connectivity index (χ3v) is 3.92. The van der Waals surface area contributed by atoms with Gasteiger partial charge in [0.25, 0.3) is 5.91 Å². The van der Waals surface area contributed by atoms with Crippen LogP contribution < -0.4 is 0 Å². The quantitative estimate of drug-likeness (QED) is 0.918. The molecule has 0 aliphatic carbocycles. The lowest BCUT2D eigenvalue weighted by atomic mass is 9.99. The highest BCUT2D eigenvalue weighted by molar-refractivity contribution is 6.07. The zero-order chi connectivity index (χ0) is 14.8. The Kier molecular flexibility index (Phi) is 3.56. The van der Waals surface area contributed by atoms with Gasteiger partial charge in [-0.15, -0.1) is 0 Å². The van der Waals surface area contributed by atoms with Crippen LogP contribution in [0.3, 0.4) is 0 Å². The summed E-state index contributed by atoms with van der Waals surface area (Å²) in [5.41, 5.74) is 1.26. The van der Waals surface area contributed by atoms with Gasteiger partial charge in [-0.3, -0.25) is 9.78 Å². The third kappa shape index (κ3) is 2.46. The number of carbonyl (C=O) groups excluding carboxylic acids is 1. The number of nitrogens with zero attached hydrogens (tertiary/aromatic N) is 2. The predicted octanol–water partition coefficient (Wildman–Crippen LogP) is 2.31. The van der Waals surface area contributed by atoms with Crippen molar-refractivity contribution in [2.45, 2.75) is 25.3 Å². The molecule has 2 aromatic rings. The zero-order valence-corrected chi connectivity index (χ0v) is 11.5. The minimum Gasteiger partial charge on any atom is -0.480 e. The van der Waals surface area contributed by atoms with Gasteiger partial charge in [0.2, 0.25) is 0 Å². The summed E-state index contributed by atoms with van der Waals surface area (Å²) in [6.07, 6.45) is 3.89. The van der Waals surface area contributed by atoms with Gasteiger partial charge in [-0.2, -0.15) is 0 Å². The molecular formula is C16H16N2O3. The van der Waals surface area contributed by atoms with Crippen LogP contribution in [0.1, 0.15) is 29.6 Å². The van der Waals surface area contributed by atoms with Crippen LogP contribution in [0.25, 0.3) is 10.9 Å². The summed E-state index contributed by atoms with van der Waals surface area (Å²) in [5.74, 6) is -1.15. The van der Waals surface area contributed by atoms with Gasteiger partial charge in [0.05, 0.1) is 5.52 Å². The van der Waals surface area contributed by atoms with Gasteiger partial charge in [0, 0.05) is 23.7 Å². The molecule has 0 spiro atoms. The average molecular weight is 284 g/mol. The fraction of sp³-hybridized carbons (Fsp3) is 0.312. The van der Waals surface area contributed by atoms with E-state index < -0.39 is 12.0 Å². The molecule has 1 aliphatic rings. The van der Waals surface area contributed by atoms with E-state index in [9.17, 15) is 14.7 Å². The van der Waals surface area contributed by atoms with Crippen LogP contribution in [0, 0.1) is 0 Å². The number of piperidine rings is 1. The monoisotopic (exact) mass is 284 g/mol. The van der Waals surface area contributed by atoms with Crippen molar-refractivity contribution in [3.8, 4) is 0 Å². The molecule has 0 saturated carbocycles. The second kappa shape index (κ2) is 5.52. The van der Waals surface area contributed by atoms with Crippen LogP contribution in [0.5, 0.6) is 0 Å². The number of aromatic nitrogens is 1. The lowest BCUT2D eigenvalue weighted by molar-refractivity contribution is -0.143. The summed E-state index contributed by atoms with van der Waals surface area (Å²) in [7, 11) is 0. The number of fused-ring (bicyclic) bond motifs is 1. The first kappa shape index (κ1) is 13.5. The van der Waals surface area contributed by atoms with Crippen LogP contribution >= 0.6 is 0 Å². The molecule has 1 N–H and O–H groups in total. The number of aliphatic carboxylic acids is 1. The van der Waals surface area contributed by atoms with Gasteiger partial charge in [0.1, 0.15) is 6.04 Å². The van der Waals surface area contributed by atoms with E-state index >= 15 is 0 Å². The molecule has 1 aromatic carbocycles. The predicted molar refractivity (Wildman–Crippen MR) is 78.1 cm³/mol. The van der Waals surface area contributed by atoms with Crippen molar-refractivity contribution in [1.29, 1.82) is 0 Å². The molecule has 2 heterocycles. The molecule has 5 heteroatoms. The van der Waals surface area contributed by atoms with E-state index in [4.69, 9.17) is 0 Å². The van der Waals surface area contributed by atoms with E-state index in [-0.39, 0.29) is 5.91 Å². The van der Waals surface area contributed by atoms with Gasteiger partial charge in [-0.05, 0) is 37.5 Å². The number of pyridine rings is 1. The molecule has 0 radical (unpaired) electrons. The van der Waals surface area contributed by atoms with Gasteiger partial charge in [0.15, 0.2) is 0 Å². The van der Waals surface area contributed by atoms with Crippen LogP contribution in [0.4, 0.5) is 0 Å².